The molecule has 0 aliphatic rings. The van der Waals surface area contributed by atoms with Crippen molar-refractivity contribution in [3.05, 3.63) is 34.4 Å². The lowest BCUT2D eigenvalue weighted by Crippen LogP contribution is -2.24. The van der Waals surface area contributed by atoms with Crippen LogP contribution in [-0.2, 0) is 6.54 Å². The number of amides is 1. The minimum Gasteiger partial charge on any atom is -0.363 e. The molecule has 1 amide bonds. The lowest BCUT2D eigenvalue weighted by Gasteiger charge is -2.04. The Hall–Kier alpha value is -2.02. The molecule has 2 rings (SSSR count). The predicted octanol–water partition coefficient (Wildman–Crippen LogP) is 1.29. The van der Waals surface area contributed by atoms with Crippen LogP contribution in [0.15, 0.2) is 23.0 Å². The van der Waals surface area contributed by atoms with E-state index in [0.717, 1.165) is 5.69 Å². The summed E-state index contributed by atoms with van der Waals surface area (Å²) in [5.41, 5.74) is 3.05. The Morgan fingerprint density at radius 3 is 2.89 bits per heavy atom. The van der Waals surface area contributed by atoms with Gasteiger partial charge in [-0.25, -0.2) is 4.98 Å². The highest BCUT2D eigenvalue weighted by Crippen LogP contribution is 2.06. The molecule has 0 bridgehead atoms. The Balaban J connectivity index is 1.93. The van der Waals surface area contributed by atoms with E-state index in [4.69, 9.17) is 0 Å². The molecule has 7 heteroatoms. The van der Waals surface area contributed by atoms with Gasteiger partial charge in [0.1, 0.15) is 5.82 Å². The zero-order valence-corrected chi connectivity index (χ0v) is 10.7. The van der Waals surface area contributed by atoms with E-state index in [1.54, 1.807) is 29.0 Å². The minimum absolute atomic E-state index is 0.212. The molecule has 2 N–H and O–H groups in total. The molecule has 18 heavy (non-hydrogen) atoms. The number of rotatable bonds is 5. The normalized spacial score (nSPS) is 10.1. The van der Waals surface area contributed by atoms with Gasteiger partial charge in [-0.15, -0.1) is 21.5 Å². The number of thiazole rings is 1. The first kappa shape index (κ1) is 12.4. The lowest BCUT2D eigenvalue weighted by atomic mass is 10.3. The van der Waals surface area contributed by atoms with Gasteiger partial charge >= 0.3 is 0 Å². The van der Waals surface area contributed by atoms with Gasteiger partial charge in [-0.1, -0.05) is 0 Å². The molecular weight excluding hydrogens is 250 g/mol. The fourth-order valence-corrected chi connectivity index (χ4v) is 1.86. The van der Waals surface area contributed by atoms with E-state index >= 15 is 0 Å². The standard InChI is InChI=1S/C11H13N5OS/c1-2-12-11(17)9-3-4-10(16-15-9)13-5-8-6-18-7-14-8/h3-4,6-7H,2,5H2,1H3,(H,12,17)(H,13,16). The van der Waals surface area contributed by atoms with Gasteiger partial charge in [-0.2, -0.15) is 0 Å². The second-order valence-corrected chi connectivity index (χ2v) is 4.22. The molecule has 94 valence electrons. The highest BCUT2D eigenvalue weighted by molar-refractivity contribution is 7.07. The number of hydrogen-bond donors (Lipinski definition) is 2. The zero-order chi connectivity index (χ0) is 12.8. The number of nitrogens with zero attached hydrogens (tertiary/aromatic N) is 3. The molecule has 0 fully saturated rings. The van der Waals surface area contributed by atoms with Crippen LogP contribution in [0, 0.1) is 0 Å². The van der Waals surface area contributed by atoms with Gasteiger partial charge in [0.15, 0.2) is 5.69 Å². The fraction of sp³-hybridized carbons (Fsp3) is 0.273. The Labute approximate surface area is 108 Å². The second-order valence-electron chi connectivity index (χ2n) is 3.50. The van der Waals surface area contributed by atoms with E-state index in [-0.39, 0.29) is 5.91 Å². The van der Waals surface area contributed by atoms with Crippen molar-refractivity contribution in [2.75, 3.05) is 11.9 Å². The van der Waals surface area contributed by atoms with Crippen LogP contribution < -0.4 is 10.6 Å². The summed E-state index contributed by atoms with van der Waals surface area (Å²) in [6, 6.07) is 3.37. The van der Waals surface area contributed by atoms with Crippen LogP contribution in [0.5, 0.6) is 0 Å². The number of carbonyl (C=O) groups excluding carboxylic acids is 1. The Morgan fingerprint density at radius 2 is 2.28 bits per heavy atom. The highest BCUT2D eigenvalue weighted by Gasteiger charge is 2.06. The average Bonchev–Trinajstić information content (AvgIpc) is 2.90. The highest BCUT2D eigenvalue weighted by atomic mass is 32.1. The third kappa shape index (κ3) is 3.24. The molecule has 0 spiro atoms. The van der Waals surface area contributed by atoms with E-state index < -0.39 is 0 Å². The zero-order valence-electron chi connectivity index (χ0n) is 9.88. The summed E-state index contributed by atoms with van der Waals surface area (Å²) < 4.78 is 0. The van der Waals surface area contributed by atoms with Gasteiger partial charge in [0.2, 0.25) is 0 Å². The van der Waals surface area contributed by atoms with Crippen molar-refractivity contribution in [1.82, 2.24) is 20.5 Å². The van der Waals surface area contributed by atoms with Crippen molar-refractivity contribution >= 4 is 23.1 Å². The number of aromatic nitrogens is 3. The Morgan fingerprint density at radius 1 is 1.39 bits per heavy atom. The molecule has 0 atom stereocenters. The first-order valence-corrected chi connectivity index (χ1v) is 6.46. The van der Waals surface area contributed by atoms with Crippen LogP contribution in [0.25, 0.3) is 0 Å². The van der Waals surface area contributed by atoms with E-state index in [1.165, 1.54) is 0 Å². The first-order valence-electron chi connectivity index (χ1n) is 5.52. The maximum absolute atomic E-state index is 11.5. The molecule has 6 nitrogen and oxygen atoms in total. The van der Waals surface area contributed by atoms with Gasteiger partial charge in [-0.3, -0.25) is 4.79 Å². The third-order valence-corrected chi connectivity index (χ3v) is 2.80. The molecule has 2 aromatic heterocycles. The van der Waals surface area contributed by atoms with E-state index in [9.17, 15) is 4.79 Å². The van der Waals surface area contributed by atoms with Crippen molar-refractivity contribution in [3.63, 3.8) is 0 Å². The van der Waals surface area contributed by atoms with Crippen LogP contribution in [0.2, 0.25) is 0 Å². The van der Waals surface area contributed by atoms with E-state index in [2.05, 4.69) is 25.8 Å². The molecule has 0 radical (unpaired) electrons. The summed E-state index contributed by atoms with van der Waals surface area (Å²) in [6.07, 6.45) is 0. The van der Waals surface area contributed by atoms with Gasteiger partial charge < -0.3 is 10.6 Å². The fourth-order valence-electron chi connectivity index (χ4n) is 1.30. The molecule has 0 aromatic carbocycles. The predicted molar refractivity (Wildman–Crippen MR) is 69.5 cm³/mol. The summed E-state index contributed by atoms with van der Waals surface area (Å²) in [6.45, 7) is 3.03. The largest absolute Gasteiger partial charge is 0.363 e. The monoisotopic (exact) mass is 263 g/mol. The maximum Gasteiger partial charge on any atom is 0.271 e. The smallest absolute Gasteiger partial charge is 0.271 e. The number of carbonyl (C=O) groups is 1. The average molecular weight is 263 g/mol. The molecule has 2 aromatic rings. The van der Waals surface area contributed by atoms with Gasteiger partial charge in [0.05, 0.1) is 17.7 Å². The molecule has 2 heterocycles. The van der Waals surface area contributed by atoms with E-state index in [0.29, 0.717) is 24.6 Å². The number of hydrogen-bond acceptors (Lipinski definition) is 6. The van der Waals surface area contributed by atoms with Crippen LogP contribution in [0.1, 0.15) is 23.1 Å². The number of anilines is 1. The molecule has 0 aliphatic heterocycles. The minimum atomic E-state index is -0.212. The summed E-state index contributed by atoms with van der Waals surface area (Å²) >= 11 is 1.55. The third-order valence-electron chi connectivity index (χ3n) is 2.17. The maximum atomic E-state index is 11.5. The Bertz CT molecular complexity index is 497. The van der Waals surface area contributed by atoms with Crippen molar-refractivity contribution in [1.29, 1.82) is 0 Å². The van der Waals surface area contributed by atoms with Crippen molar-refractivity contribution in [2.45, 2.75) is 13.5 Å². The summed E-state index contributed by atoms with van der Waals surface area (Å²) in [7, 11) is 0. The van der Waals surface area contributed by atoms with Gasteiger partial charge in [0, 0.05) is 11.9 Å². The molecule has 0 unspecified atom stereocenters. The summed E-state index contributed by atoms with van der Waals surface area (Å²) in [5.74, 6) is 0.409. The van der Waals surface area contributed by atoms with Crippen molar-refractivity contribution in [2.24, 2.45) is 0 Å². The summed E-state index contributed by atoms with van der Waals surface area (Å²) in [5, 5.41) is 15.5. The second kappa shape index (κ2) is 6.06. The molecule has 0 saturated heterocycles. The molecule has 0 saturated carbocycles. The molecule has 0 aliphatic carbocycles. The van der Waals surface area contributed by atoms with Crippen LogP contribution in [0.4, 0.5) is 5.82 Å². The first-order chi connectivity index (χ1) is 8.79. The topological polar surface area (TPSA) is 79.8 Å². The number of nitrogens with one attached hydrogen (secondary N) is 2. The van der Waals surface area contributed by atoms with Crippen LogP contribution in [0.3, 0.4) is 0 Å². The lowest BCUT2D eigenvalue weighted by molar-refractivity contribution is 0.0950. The van der Waals surface area contributed by atoms with Crippen molar-refractivity contribution < 1.29 is 4.79 Å². The quantitative estimate of drug-likeness (QED) is 0.849. The van der Waals surface area contributed by atoms with Gasteiger partial charge in [0.25, 0.3) is 5.91 Å². The molecular formula is C11H13N5OS. The van der Waals surface area contributed by atoms with Crippen molar-refractivity contribution in [3.8, 4) is 0 Å². The Kier molecular flexibility index (Phi) is 4.19. The SMILES string of the molecule is CCNC(=O)c1ccc(NCc2cscn2)nn1. The van der Waals surface area contributed by atoms with Crippen LogP contribution >= 0.6 is 11.3 Å². The summed E-state index contributed by atoms with van der Waals surface area (Å²) in [4.78, 5) is 15.6. The van der Waals surface area contributed by atoms with Crippen LogP contribution in [-0.4, -0.2) is 27.6 Å². The van der Waals surface area contributed by atoms with E-state index in [1.807, 2.05) is 12.3 Å². The van der Waals surface area contributed by atoms with Gasteiger partial charge in [-0.05, 0) is 19.1 Å².